The maximum absolute atomic E-state index is 6.48. The van der Waals surface area contributed by atoms with Crippen LogP contribution in [0.2, 0.25) is 0 Å². The van der Waals surface area contributed by atoms with Gasteiger partial charge in [0.15, 0.2) is 0 Å². The van der Waals surface area contributed by atoms with E-state index in [1.807, 2.05) is 39.0 Å². The van der Waals surface area contributed by atoms with E-state index in [2.05, 4.69) is 15.9 Å². The highest BCUT2D eigenvalue weighted by atomic mass is 79.9. The van der Waals surface area contributed by atoms with E-state index < -0.39 is 4.87 Å². The van der Waals surface area contributed by atoms with E-state index in [0.717, 1.165) is 16.6 Å². The second kappa shape index (κ2) is 5.22. The van der Waals surface area contributed by atoms with E-state index in [9.17, 15) is 0 Å². The van der Waals surface area contributed by atoms with E-state index in [0.29, 0.717) is 0 Å². The van der Waals surface area contributed by atoms with Crippen LogP contribution >= 0.6 is 39.1 Å². The van der Waals surface area contributed by atoms with Gasteiger partial charge >= 0.3 is 0 Å². The maximum atomic E-state index is 6.48. The highest BCUT2D eigenvalue weighted by Crippen LogP contribution is 2.49. The predicted octanol–water partition coefficient (Wildman–Crippen LogP) is 5.33. The van der Waals surface area contributed by atoms with E-state index in [4.69, 9.17) is 27.9 Å². The van der Waals surface area contributed by atoms with Crippen molar-refractivity contribution in [2.24, 2.45) is 0 Å². The molecule has 0 radical (unpaired) electrons. The highest BCUT2D eigenvalue weighted by molar-refractivity contribution is 9.10. The Hall–Kier alpha value is 0.0800. The Labute approximate surface area is 127 Å². The lowest BCUT2D eigenvalue weighted by atomic mass is 9.85. The molecule has 0 bridgehead atoms. The molecule has 0 N–H and O–H groups in total. The lowest BCUT2D eigenvalue weighted by molar-refractivity contribution is 0.163. The van der Waals surface area contributed by atoms with Gasteiger partial charge in [0.1, 0.15) is 11.9 Å². The standard InChI is InChI=1S/C14H17BrCl2O/c1-8(16)7-9-12-10(15)5-4-6-11(12)18-13(9)14(2,3)17/h4-6,8-9,13H,7H2,1-3H3. The molecule has 3 unspecified atom stereocenters. The van der Waals surface area contributed by atoms with Crippen molar-refractivity contribution in [2.75, 3.05) is 0 Å². The van der Waals surface area contributed by atoms with Crippen molar-refractivity contribution in [2.45, 2.75) is 49.5 Å². The third-order valence-electron chi connectivity index (χ3n) is 3.26. The lowest BCUT2D eigenvalue weighted by Gasteiger charge is -2.29. The summed E-state index contributed by atoms with van der Waals surface area (Å²) in [6, 6.07) is 6.01. The first-order valence-corrected chi connectivity index (χ1v) is 7.69. The Kier molecular flexibility index (Phi) is 4.20. The van der Waals surface area contributed by atoms with Crippen LogP contribution in [0.15, 0.2) is 22.7 Å². The van der Waals surface area contributed by atoms with Crippen molar-refractivity contribution in [1.82, 2.24) is 0 Å². The Morgan fingerprint density at radius 3 is 2.67 bits per heavy atom. The number of ether oxygens (including phenoxy) is 1. The van der Waals surface area contributed by atoms with Gasteiger partial charge in [0, 0.05) is 21.3 Å². The summed E-state index contributed by atoms with van der Waals surface area (Å²) >= 11 is 16.3. The summed E-state index contributed by atoms with van der Waals surface area (Å²) in [7, 11) is 0. The number of rotatable bonds is 3. The van der Waals surface area contributed by atoms with Gasteiger partial charge in [0.05, 0.1) is 4.87 Å². The van der Waals surface area contributed by atoms with Crippen molar-refractivity contribution >= 4 is 39.1 Å². The Morgan fingerprint density at radius 1 is 1.44 bits per heavy atom. The minimum Gasteiger partial charge on any atom is -0.488 e. The van der Waals surface area contributed by atoms with Gasteiger partial charge in [-0.05, 0) is 39.3 Å². The van der Waals surface area contributed by atoms with Gasteiger partial charge in [-0.2, -0.15) is 0 Å². The average molecular weight is 352 g/mol. The van der Waals surface area contributed by atoms with E-state index in [1.165, 1.54) is 5.56 Å². The Bertz CT molecular complexity index is 440. The quantitative estimate of drug-likeness (QED) is 0.669. The monoisotopic (exact) mass is 350 g/mol. The van der Waals surface area contributed by atoms with Crippen molar-refractivity contribution in [3.63, 3.8) is 0 Å². The van der Waals surface area contributed by atoms with Crippen molar-refractivity contribution in [3.05, 3.63) is 28.2 Å². The summed E-state index contributed by atoms with van der Waals surface area (Å²) in [5.74, 6) is 1.15. The van der Waals surface area contributed by atoms with E-state index in [1.54, 1.807) is 0 Å². The van der Waals surface area contributed by atoms with Crippen molar-refractivity contribution in [1.29, 1.82) is 0 Å². The lowest BCUT2D eigenvalue weighted by Crippen LogP contribution is -2.38. The second-order valence-electron chi connectivity index (χ2n) is 5.38. The molecule has 1 aromatic carbocycles. The number of alkyl halides is 2. The molecule has 0 amide bonds. The normalized spacial score (nSPS) is 24.6. The van der Waals surface area contributed by atoms with E-state index >= 15 is 0 Å². The molecule has 0 spiro atoms. The zero-order valence-electron chi connectivity index (χ0n) is 10.7. The fourth-order valence-electron chi connectivity index (χ4n) is 2.56. The van der Waals surface area contributed by atoms with Gasteiger partial charge < -0.3 is 4.74 Å². The number of hydrogen-bond acceptors (Lipinski definition) is 1. The Morgan fingerprint density at radius 2 is 2.11 bits per heavy atom. The number of hydrogen-bond donors (Lipinski definition) is 0. The first-order valence-electron chi connectivity index (χ1n) is 6.08. The average Bonchev–Trinajstić information content (AvgIpc) is 2.57. The number of fused-ring (bicyclic) bond motifs is 1. The Balaban J connectivity index is 2.42. The molecule has 4 heteroatoms. The largest absolute Gasteiger partial charge is 0.488 e. The van der Waals surface area contributed by atoms with Crippen LogP contribution in [0, 0.1) is 0 Å². The molecule has 18 heavy (non-hydrogen) atoms. The van der Waals surface area contributed by atoms with Crippen LogP contribution < -0.4 is 4.74 Å². The molecule has 100 valence electrons. The number of benzene rings is 1. The predicted molar refractivity (Wildman–Crippen MR) is 81.2 cm³/mol. The molecule has 1 heterocycles. The van der Waals surface area contributed by atoms with Gasteiger partial charge in [-0.25, -0.2) is 0 Å². The molecule has 0 fully saturated rings. The van der Waals surface area contributed by atoms with Gasteiger partial charge in [-0.3, -0.25) is 0 Å². The SMILES string of the molecule is CC(Cl)CC1c2c(Br)cccc2OC1C(C)(C)Cl. The summed E-state index contributed by atoms with van der Waals surface area (Å²) in [6.07, 6.45) is 0.812. The van der Waals surface area contributed by atoms with Crippen LogP contribution in [0.25, 0.3) is 0 Å². The van der Waals surface area contributed by atoms with Crippen molar-refractivity contribution in [3.8, 4) is 5.75 Å². The van der Waals surface area contributed by atoms with Gasteiger partial charge in [0.25, 0.3) is 0 Å². The van der Waals surface area contributed by atoms with E-state index in [-0.39, 0.29) is 17.4 Å². The minimum absolute atomic E-state index is 0.0472. The third-order valence-corrected chi connectivity index (χ3v) is 4.34. The fraction of sp³-hybridized carbons (Fsp3) is 0.571. The van der Waals surface area contributed by atoms with Crippen LogP contribution in [-0.4, -0.2) is 16.4 Å². The summed E-state index contributed by atoms with van der Waals surface area (Å²) in [6.45, 7) is 5.99. The van der Waals surface area contributed by atoms with Crippen LogP contribution in [0.3, 0.4) is 0 Å². The molecule has 0 saturated carbocycles. The van der Waals surface area contributed by atoms with Gasteiger partial charge in [-0.15, -0.1) is 23.2 Å². The molecule has 0 aliphatic carbocycles. The summed E-state index contributed by atoms with van der Waals surface area (Å²) in [5.41, 5.74) is 1.20. The zero-order valence-corrected chi connectivity index (χ0v) is 13.8. The smallest absolute Gasteiger partial charge is 0.124 e. The number of halogens is 3. The first-order chi connectivity index (χ1) is 8.30. The topological polar surface area (TPSA) is 9.23 Å². The van der Waals surface area contributed by atoms with Gasteiger partial charge in [0.2, 0.25) is 0 Å². The molecule has 1 aliphatic rings. The second-order valence-corrected chi connectivity index (χ2v) is 7.95. The molecular weight excluding hydrogens is 335 g/mol. The molecule has 0 aromatic heterocycles. The van der Waals surface area contributed by atoms with Crippen LogP contribution in [-0.2, 0) is 0 Å². The van der Waals surface area contributed by atoms with Crippen LogP contribution in [0.1, 0.15) is 38.7 Å². The summed E-state index contributed by atoms with van der Waals surface area (Å²) in [5, 5.41) is 0.0955. The first kappa shape index (κ1) is 14.5. The highest BCUT2D eigenvalue weighted by Gasteiger charge is 2.44. The molecule has 1 aromatic rings. The van der Waals surface area contributed by atoms with Gasteiger partial charge in [-0.1, -0.05) is 22.0 Å². The van der Waals surface area contributed by atoms with Crippen LogP contribution in [0.5, 0.6) is 5.75 Å². The fourth-order valence-corrected chi connectivity index (χ4v) is 3.59. The molecular formula is C14H17BrCl2O. The van der Waals surface area contributed by atoms with Crippen molar-refractivity contribution < 1.29 is 4.74 Å². The van der Waals surface area contributed by atoms with Crippen LogP contribution in [0.4, 0.5) is 0 Å². The zero-order chi connectivity index (χ0) is 13.5. The molecule has 0 saturated heterocycles. The third kappa shape index (κ3) is 2.81. The maximum Gasteiger partial charge on any atom is 0.124 e. The molecule has 1 nitrogen and oxygen atoms in total. The summed E-state index contributed by atoms with van der Waals surface area (Å²) in [4.78, 5) is -0.422. The molecule has 3 atom stereocenters. The minimum atomic E-state index is -0.422. The molecule has 2 rings (SSSR count). The molecule has 1 aliphatic heterocycles. The summed E-state index contributed by atoms with van der Waals surface area (Å²) < 4.78 is 7.12.